The summed E-state index contributed by atoms with van der Waals surface area (Å²) in [5.74, 6) is 0. The molecule has 0 bridgehead atoms. The molecule has 19 heavy (non-hydrogen) atoms. The van der Waals surface area contributed by atoms with Crippen molar-refractivity contribution in [3.05, 3.63) is 0 Å². The predicted molar refractivity (Wildman–Crippen MR) is 91.3 cm³/mol. The van der Waals surface area contributed by atoms with Gasteiger partial charge in [-0.1, -0.05) is 80.6 Å². The zero-order valence-corrected chi connectivity index (χ0v) is 15.1. The molecular formula is C16H36BrNO. The molecule has 0 aromatic carbocycles. The molecule has 0 fully saturated rings. The molecule has 0 atom stereocenters. The first-order valence-corrected chi connectivity index (χ1v) is 9.12. The van der Waals surface area contributed by atoms with Gasteiger partial charge in [0.1, 0.15) is 0 Å². The molecule has 0 heterocycles. The summed E-state index contributed by atoms with van der Waals surface area (Å²) in [5, 5.41) is 8.52. The first-order valence-electron chi connectivity index (χ1n) is 8.00. The topological polar surface area (TPSA) is 23.5 Å². The van der Waals surface area contributed by atoms with Gasteiger partial charge in [-0.25, -0.2) is 0 Å². The minimum atomic E-state index is 0.236. The van der Waals surface area contributed by atoms with E-state index in [2.05, 4.69) is 41.8 Å². The van der Waals surface area contributed by atoms with Crippen LogP contribution in [0.25, 0.3) is 0 Å². The van der Waals surface area contributed by atoms with E-state index in [1.165, 1.54) is 70.8 Å². The molecule has 0 saturated heterocycles. The highest BCUT2D eigenvalue weighted by Gasteiger charge is 1.93. The number of hydrogen-bond donors (Lipinski definition) is 1. The minimum absolute atomic E-state index is 0.236. The summed E-state index contributed by atoms with van der Waals surface area (Å²) in [6.45, 7) is 3.78. The fourth-order valence-corrected chi connectivity index (χ4v) is 1.92. The van der Waals surface area contributed by atoms with Gasteiger partial charge in [0.2, 0.25) is 0 Å². The molecule has 0 aliphatic rings. The van der Waals surface area contributed by atoms with Crippen molar-refractivity contribution < 1.29 is 5.11 Å². The average molecular weight is 338 g/mol. The van der Waals surface area contributed by atoms with E-state index in [0.717, 1.165) is 0 Å². The van der Waals surface area contributed by atoms with Crippen LogP contribution in [-0.4, -0.2) is 42.6 Å². The molecular weight excluding hydrogens is 302 g/mol. The lowest BCUT2D eigenvalue weighted by Gasteiger charge is -2.08. The maximum Gasteiger partial charge on any atom is 0.0528 e. The standard InChI is InChI=1S/C14H31N.C2H5BrO/c1-4-5-6-7-8-9-10-11-12-13-14-15(2)3;3-1-2-4/h4-14H2,1-3H3;4H,1-2H2. The third-order valence-corrected chi connectivity index (χ3v) is 3.40. The van der Waals surface area contributed by atoms with Gasteiger partial charge in [0.25, 0.3) is 0 Å². The van der Waals surface area contributed by atoms with Gasteiger partial charge in [-0.2, -0.15) is 0 Å². The largest absolute Gasteiger partial charge is 0.396 e. The summed E-state index contributed by atoms with van der Waals surface area (Å²) in [7, 11) is 4.32. The molecule has 0 spiro atoms. The molecule has 0 aliphatic heterocycles. The highest BCUT2D eigenvalue weighted by Crippen LogP contribution is 2.10. The lowest BCUT2D eigenvalue weighted by molar-refractivity contribution is 0.324. The molecule has 0 aromatic rings. The summed E-state index contributed by atoms with van der Waals surface area (Å²) < 4.78 is 0. The second-order valence-electron chi connectivity index (χ2n) is 5.40. The maximum atomic E-state index is 7.83. The third kappa shape index (κ3) is 27.6. The highest BCUT2D eigenvalue weighted by atomic mass is 79.9. The van der Waals surface area contributed by atoms with E-state index in [1.54, 1.807) is 0 Å². The van der Waals surface area contributed by atoms with Crippen molar-refractivity contribution in [1.82, 2.24) is 4.90 Å². The maximum absolute atomic E-state index is 7.83. The smallest absolute Gasteiger partial charge is 0.0528 e. The molecule has 0 saturated carbocycles. The number of nitrogens with zero attached hydrogens (tertiary/aromatic N) is 1. The normalized spacial score (nSPS) is 10.4. The van der Waals surface area contributed by atoms with Crippen LogP contribution in [0.1, 0.15) is 71.1 Å². The van der Waals surface area contributed by atoms with Crippen molar-refractivity contribution in [2.45, 2.75) is 71.1 Å². The Morgan fingerprint density at radius 2 is 1.16 bits per heavy atom. The number of unbranched alkanes of at least 4 members (excludes halogenated alkanes) is 9. The first kappa shape index (κ1) is 21.7. The van der Waals surface area contributed by atoms with Crippen LogP contribution in [0.3, 0.4) is 0 Å². The van der Waals surface area contributed by atoms with Crippen molar-refractivity contribution in [1.29, 1.82) is 0 Å². The fourth-order valence-electron chi connectivity index (χ4n) is 1.92. The monoisotopic (exact) mass is 337 g/mol. The molecule has 0 amide bonds. The number of halogens is 1. The highest BCUT2D eigenvalue weighted by molar-refractivity contribution is 9.09. The lowest BCUT2D eigenvalue weighted by Crippen LogP contribution is -2.12. The van der Waals surface area contributed by atoms with Gasteiger partial charge in [0.15, 0.2) is 0 Å². The van der Waals surface area contributed by atoms with E-state index in [-0.39, 0.29) is 6.61 Å². The third-order valence-electron chi connectivity index (χ3n) is 3.04. The predicted octanol–water partition coefficient (Wildman–Crippen LogP) is 4.84. The zero-order valence-electron chi connectivity index (χ0n) is 13.5. The second-order valence-corrected chi connectivity index (χ2v) is 6.19. The molecule has 118 valence electrons. The Morgan fingerprint density at radius 1 is 0.789 bits per heavy atom. The molecule has 3 heteroatoms. The number of rotatable bonds is 12. The number of alkyl halides is 1. The van der Waals surface area contributed by atoms with E-state index in [4.69, 9.17) is 5.11 Å². The van der Waals surface area contributed by atoms with Crippen molar-refractivity contribution in [3.8, 4) is 0 Å². The van der Waals surface area contributed by atoms with Crippen LogP contribution in [0.5, 0.6) is 0 Å². The van der Waals surface area contributed by atoms with Crippen LogP contribution < -0.4 is 0 Å². The lowest BCUT2D eigenvalue weighted by atomic mass is 10.1. The zero-order chi connectivity index (χ0) is 14.8. The van der Waals surface area contributed by atoms with Crippen LogP contribution in [-0.2, 0) is 0 Å². The van der Waals surface area contributed by atoms with Gasteiger partial charge >= 0.3 is 0 Å². The van der Waals surface area contributed by atoms with Gasteiger partial charge in [-0.3, -0.25) is 0 Å². The van der Waals surface area contributed by atoms with Crippen molar-refractivity contribution in [3.63, 3.8) is 0 Å². The Morgan fingerprint density at radius 3 is 1.47 bits per heavy atom. The van der Waals surface area contributed by atoms with Crippen LogP contribution >= 0.6 is 15.9 Å². The van der Waals surface area contributed by atoms with Crippen molar-refractivity contribution >= 4 is 15.9 Å². The van der Waals surface area contributed by atoms with E-state index < -0.39 is 0 Å². The van der Waals surface area contributed by atoms with Crippen molar-refractivity contribution in [2.24, 2.45) is 0 Å². The van der Waals surface area contributed by atoms with Gasteiger partial charge in [0.05, 0.1) is 6.61 Å². The molecule has 0 aliphatic carbocycles. The summed E-state index contributed by atoms with van der Waals surface area (Å²) in [6, 6.07) is 0. The number of aliphatic hydroxyl groups excluding tert-OH is 1. The molecule has 2 nitrogen and oxygen atoms in total. The summed E-state index contributed by atoms with van der Waals surface area (Å²) in [4.78, 5) is 2.28. The Hall–Kier alpha value is 0.400. The number of aliphatic hydroxyl groups is 1. The molecule has 0 unspecified atom stereocenters. The van der Waals surface area contributed by atoms with Crippen LogP contribution in [0.2, 0.25) is 0 Å². The molecule has 0 aromatic heterocycles. The first-order chi connectivity index (χ1) is 9.18. The van der Waals surface area contributed by atoms with Gasteiger partial charge in [-0.15, -0.1) is 0 Å². The average Bonchev–Trinajstić information content (AvgIpc) is 2.41. The van der Waals surface area contributed by atoms with E-state index >= 15 is 0 Å². The SMILES string of the molecule is CCCCCCCCCCCCN(C)C.OCCBr. The van der Waals surface area contributed by atoms with E-state index in [0.29, 0.717) is 5.33 Å². The summed E-state index contributed by atoms with van der Waals surface area (Å²) >= 11 is 3.00. The Labute approximate surface area is 130 Å². The Balaban J connectivity index is 0. The van der Waals surface area contributed by atoms with Gasteiger partial charge in [0, 0.05) is 5.33 Å². The van der Waals surface area contributed by atoms with Crippen LogP contribution in [0.15, 0.2) is 0 Å². The summed E-state index contributed by atoms with van der Waals surface area (Å²) in [5.41, 5.74) is 0. The van der Waals surface area contributed by atoms with Crippen LogP contribution in [0, 0.1) is 0 Å². The number of hydrogen-bond acceptors (Lipinski definition) is 2. The minimum Gasteiger partial charge on any atom is -0.396 e. The summed E-state index contributed by atoms with van der Waals surface area (Å²) in [6.07, 6.45) is 14.4. The van der Waals surface area contributed by atoms with Crippen LogP contribution in [0.4, 0.5) is 0 Å². The quantitative estimate of drug-likeness (QED) is 0.406. The molecule has 0 radical (unpaired) electrons. The van der Waals surface area contributed by atoms with Gasteiger partial charge < -0.3 is 10.0 Å². The Bertz CT molecular complexity index is 141. The fraction of sp³-hybridized carbons (Fsp3) is 1.00. The van der Waals surface area contributed by atoms with Crippen molar-refractivity contribution in [2.75, 3.05) is 32.6 Å². The van der Waals surface area contributed by atoms with Gasteiger partial charge in [-0.05, 0) is 27.1 Å². The molecule has 1 N–H and O–H groups in total. The Kier molecular flexibility index (Phi) is 23.6. The molecule has 0 rings (SSSR count). The second kappa shape index (κ2) is 20.7. The van der Waals surface area contributed by atoms with E-state index in [1.807, 2.05) is 0 Å². The van der Waals surface area contributed by atoms with E-state index in [9.17, 15) is 0 Å².